The van der Waals surface area contributed by atoms with Crippen molar-refractivity contribution in [3.8, 4) is 5.75 Å². The summed E-state index contributed by atoms with van der Waals surface area (Å²) >= 11 is 2.86. The lowest BCUT2D eigenvalue weighted by Gasteiger charge is -2.10. The lowest BCUT2D eigenvalue weighted by Crippen LogP contribution is -2.08. The molecule has 19 heavy (non-hydrogen) atoms. The number of nitroso groups, excluding NO2 is 1. The summed E-state index contributed by atoms with van der Waals surface area (Å²) in [5.74, 6) is -0.942. The molecule has 0 radical (unpaired) electrons. The Morgan fingerprint density at radius 2 is 1.95 bits per heavy atom. The summed E-state index contributed by atoms with van der Waals surface area (Å²) < 4.78 is 37.7. The highest BCUT2D eigenvalue weighted by atomic mass is 79.9. The van der Waals surface area contributed by atoms with Crippen LogP contribution in [0.15, 0.2) is 26.6 Å². The molecule has 0 bridgehead atoms. The molecule has 0 atom stereocenters. The summed E-state index contributed by atoms with van der Waals surface area (Å²) in [7, 11) is 0. The molecular formula is C10H4BrF3N2O3. The third-order valence-electron chi connectivity index (χ3n) is 2.43. The molecule has 2 rings (SSSR count). The summed E-state index contributed by atoms with van der Waals surface area (Å²) in [6.45, 7) is 0. The molecule has 0 unspecified atom stereocenters. The van der Waals surface area contributed by atoms with Gasteiger partial charge in [0.1, 0.15) is 0 Å². The second kappa shape index (κ2) is 4.34. The number of rotatable bonds is 1. The molecule has 0 saturated carbocycles. The van der Waals surface area contributed by atoms with Crippen molar-refractivity contribution in [1.82, 2.24) is 4.98 Å². The number of aromatic amines is 1. The summed E-state index contributed by atoms with van der Waals surface area (Å²) in [5, 5.41) is 11.8. The van der Waals surface area contributed by atoms with E-state index in [1.165, 1.54) is 0 Å². The average molecular weight is 337 g/mol. The zero-order valence-corrected chi connectivity index (χ0v) is 10.5. The Balaban J connectivity index is 2.96. The van der Waals surface area contributed by atoms with E-state index in [-0.39, 0.29) is 15.4 Å². The fourth-order valence-corrected chi connectivity index (χ4v) is 2.25. The number of benzene rings is 1. The predicted octanol–water partition coefficient (Wildman–Crippen LogP) is 3.41. The van der Waals surface area contributed by atoms with Crippen molar-refractivity contribution in [3.63, 3.8) is 0 Å². The number of aromatic hydroxyl groups is 1. The van der Waals surface area contributed by atoms with Gasteiger partial charge in [0.15, 0.2) is 5.69 Å². The quantitative estimate of drug-likeness (QED) is 0.783. The highest BCUT2D eigenvalue weighted by Gasteiger charge is 2.32. The van der Waals surface area contributed by atoms with Gasteiger partial charge in [0.2, 0.25) is 5.75 Å². The van der Waals surface area contributed by atoms with E-state index >= 15 is 0 Å². The van der Waals surface area contributed by atoms with E-state index in [4.69, 9.17) is 0 Å². The second-order valence-corrected chi connectivity index (χ2v) is 4.48. The number of alkyl halides is 3. The van der Waals surface area contributed by atoms with Crippen LogP contribution in [0.1, 0.15) is 5.56 Å². The molecule has 0 saturated heterocycles. The predicted molar refractivity (Wildman–Crippen MR) is 64.4 cm³/mol. The number of fused-ring (bicyclic) bond motifs is 1. The van der Waals surface area contributed by atoms with Crippen molar-refractivity contribution in [2.75, 3.05) is 0 Å². The molecular weight excluding hydrogens is 333 g/mol. The van der Waals surface area contributed by atoms with Gasteiger partial charge >= 0.3 is 6.18 Å². The molecule has 100 valence electrons. The molecule has 5 nitrogen and oxygen atoms in total. The van der Waals surface area contributed by atoms with Gasteiger partial charge < -0.3 is 10.1 Å². The summed E-state index contributed by atoms with van der Waals surface area (Å²) in [6, 6.07) is 1.39. The first-order valence-electron chi connectivity index (χ1n) is 4.74. The number of halogens is 4. The van der Waals surface area contributed by atoms with Crippen LogP contribution in [0.3, 0.4) is 0 Å². The van der Waals surface area contributed by atoms with Crippen LogP contribution < -0.4 is 5.56 Å². The van der Waals surface area contributed by atoms with E-state index in [0.29, 0.717) is 6.07 Å². The van der Waals surface area contributed by atoms with Crippen LogP contribution in [-0.2, 0) is 6.18 Å². The first-order chi connectivity index (χ1) is 8.75. The molecule has 2 aromatic rings. The van der Waals surface area contributed by atoms with E-state index in [0.717, 1.165) is 6.07 Å². The van der Waals surface area contributed by atoms with Crippen molar-refractivity contribution >= 4 is 32.5 Å². The highest BCUT2D eigenvalue weighted by molar-refractivity contribution is 9.10. The van der Waals surface area contributed by atoms with Crippen molar-refractivity contribution in [1.29, 1.82) is 0 Å². The van der Waals surface area contributed by atoms with Crippen LogP contribution in [0.2, 0.25) is 0 Å². The number of H-pyrrole nitrogens is 1. The first kappa shape index (κ1) is 13.5. The molecule has 0 amide bonds. The third kappa shape index (κ3) is 2.21. The molecule has 1 aromatic heterocycles. The minimum atomic E-state index is -4.61. The summed E-state index contributed by atoms with van der Waals surface area (Å²) in [4.78, 5) is 24.0. The van der Waals surface area contributed by atoms with Gasteiger partial charge in [-0.1, -0.05) is 0 Å². The molecule has 0 spiro atoms. The zero-order valence-electron chi connectivity index (χ0n) is 8.88. The van der Waals surface area contributed by atoms with E-state index < -0.39 is 28.7 Å². The molecule has 1 aromatic carbocycles. The van der Waals surface area contributed by atoms with E-state index in [9.17, 15) is 28.0 Å². The number of pyridine rings is 1. The molecule has 9 heteroatoms. The number of nitrogens with zero attached hydrogens (tertiary/aromatic N) is 1. The largest absolute Gasteiger partial charge is 0.501 e. The second-order valence-electron chi connectivity index (χ2n) is 3.62. The summed E-state index contributed by atoms with van der Waals surface area (Å²) in [6.07, 6.45) is -4.61. The van der Waals surface area contributed by atoms with Gasteiger partial charge in [-0.3, -0.25) is 4.79 Å². The van der Waals surface area contributed by atoms with Crippen LogP contribution in [0.25, 0.3) is 10.9 Å². The van der Waals surface area contributed by atoms with Crippen molar-refractivity contribution in [2.24, 2.45) is 5.18 Å². The van der Waals surface area contributed by atoms with Crippen molar-refractivity contribution < 1.29 is 18.3 Å². The van der Waals surface area contributed by atoms with Crippen molar-refractivity contribution in [3.05, 3.63) is 37.4 Å². The minimum absolute atomic E-state index is 0.0971. The van der Waals surface area contributed by atoms with Gasteiger partial charge in [0.05, 0.1) is 11.1 Å². The Morgan fingerprint density at radius 3 is 2.47 bits per heavy atom. The lowest BCUT2D eigenvalue weighted by molar-refractivity contribution is -0.137. The van der Waals surface area contributed by atoms with Gasteiger partial charge in [-0.25, -0.2) is 0 Å². The number of hydrogen-bond donors (Lipinski definition) is 2. The zero-order chi connectivity index (χ0) is 14.4. The van der Waals surface area contributed by atoms with Crippen molar-refractivity contribution in [2.45, 2.75) is 6.18 Å². The van der Waals surface area contributed by atoms with Gasteiger partial charge in [0, 0.05) is 9.86 Å². The number of hydrogen-bond acceptors (Lipinski definition) is 4. The maximum Gasteiger partial charge on any atom is 0.416 e. The maximum atomic E-state index is 12.6. The smallest absolute Gasteiger partial charge is 0.416 e. The molecule has 1 heterocycles. The average Bonchev–Trinajstić information content (AvgIpc) is 2.30. The van der Waals surface area contributed by atoms with Gasteiger partial charge in [-0.2, -0.15) is 13.2 Å². The molecule has 0 aliphatic carbocycles. The molecule has 0 aliphatic heterocycles. The fraction of sp³-hybridized carbons (Fsp3) is 0.100. The standard InChI is InChI=1S/C10H4BrF3N2O3/c11-4-1-3(10(12,13)14)2-5-6(4)7(16-19)8(17)9(18)15-5/h1-2,17H,(H,15,18). The topological polar surface area (TPSA) is 82.5 Å². The van der Waals surface area contributed by atoms with E-state index in [1.807, 2.05) is 0 Å². The number of aromatic nitrogens is 1. The van der Waals surface area contributed by atoms with Crippen LogP contribution in [0.4, 0.5) is 18.9 Å². The Morgan fingerprint density at radius 1 is 1.32 bits per heavy atom. The first-order valence-corrected chi connectivity index (χ1v) is 5.54. The highest BCUT2D eigenvalue weighted by Crippen LogP contribution is 2.40. The maximum absolute atomic E-state index is 12.6. The SMILES string of the molecule is O=Nc1c(O)c(=O)[nH]c2cc(C(F)(F)F)cc(Br)c12. The molecule has 0 aliphatic rings. The molecule has 0 fully saturated rings. The minimum Gasteiger partial charge on any atom is -0.501 e. The molecule has 2 N–H and O–H groups in total. The fourth-order valence-electron chi connectivity index (χ4n) is 1.61. The number of nitrogens with one attached hydrogen (secondary N) is 1. The van der Waals surface area contributed by atoms with Gasteiger partial charge in [0.25, 0.3) is 5.56 Å². The van der Waals surface area contributed by atoms with Crippen LogP contribution >= 0.6 is 15.9 Å². The Hall–Kier alpha value is -1.90. The Kier molecular flexibility index (Phi) is 3.09. The van der Waals surface area contributed by atoms with Gasteiger partial charge in [-0.15, -0.1) is 4.91 Å². The van der Waals surface area contributed by atoms with Crippen LogP contribution in [0.5, 0.6) is 5.75 Å². The van der Waals surface area contributed by atoms with Gasteiger partial charge in [-0.05, 0) is 33.2 Å². The Labute approximate surface area is 111 Å². The Bertz CT molecular complexity index is 739. The van der Waals surface area contributed by atoms with Crippen LogP contribution in [0, 0.1) is 4.91 Å². The van der Waals surface area contributed by atoms with Crippen LogP contribution in [-0.4, -0.2) is 10.1 Å². The van der Waals surface area contributed by atoms with E-state index in [2.05, 4.69) is 26.1 Å². The third-order valence-corrected chi connectivity index (χ3v) is 3.06. The normalized spacial score (nSPS) is 11.8. The summed E-state index contributed by atoms with van der Waals surface area (Å²) in [5.41, 5.74) is -2.96. The lowest BCUT2D eigenvalue weighted by atomic mass is 10.1. The monoisotopic (exact) mass is 336 g/mol. The van der Waals surface area contributed by atoms with E-state index in [1.54, 1.807) is 0 Å².